The van der Waals surface area contributed by atoms with Crippen LogP contribution in [0.5, 0.6) is 0 Å². The Kier molecular flexibility index (Phi) is 5.22. The van der Waals surface area contributed by atoms with Gasteiger partial charge in [0.05, 0.1) is 28.4 Å². The van der Waals surface area contributed by atoms with E-state index in [0.29, 0.717) is 16.3 Å². The number of halogens is 1. The van der Waals surface area contributed by atoms with Crippen LogP contribution in [-0.4, -0.2) is 26.7 Å². The maximum atomic E-state index is 13.0. The van der Waals surface area contributed by atoms with Crippen molar-refractivity contribution < 1.29 is 19.6 Å². The van der Waals surface area contributed by atoms with Gasteiger partial charge < -0.3 is 5.11 Å². The summed E-state index contributed by atoms with van der Waals surface area (Å²) in [7, 11) is 0. The van der Waals surface area contributed by atoms with Gasteiger partial charge in [-0.05, 0) is 42.0 Å². The number of hydrogen-bond donors (Lipinski definition) is 1. The third kappa shape index (κ3) is 3.64. The zero-order valence-electron chi connectivity index (χ0n) is 15.8. The molecule has 8 nitrogen and oxygen atoms in total. The highest BCUT2D eigenvalue weighted by Crippen LogP contribution is 2.42. The third-order valence-corrected chi connectivity index (χ3v) is 5.13. The highest BCUT2D eigenvalue weighted by atomic mass is 35.5. The number of carbonyl (C=O) groups excluding carboxylic acids is 2. The van der Waals surface area contributed by atoms with Crippen LogP contribution in [-0.2, 0) is 9.59 Å². The molecule has 0 spiro atoms. The van der Waals surface area contributed by atoms with Gasteiger partial charge in [0.1, 0.15) is 5.76 Å². The summed E-state index contributed by atoms with van der Waals surface area (Å²) in [5.74, 6) is -2.19. The molecule has 4 rings (SSSR count). The summed E-state index contributed by atoms with van der Waals surface area (Å²) in [5, 5.41) is 22.7. The number of carbonyl (C=O) groups is 2. The number of amides is 1. The lowest BCUT2D eigenvalue weighted by Gasteiger charge is -2.25. The van der Waals surface area contributed by atoms with Gasteiger partial charge in [0, 0.05) is 28.9 Å². The average Bonchev–Trinajstić information content (AvgIpc) is 3.05. The number of anilines is 1. The lowest BCUT2D eigenvalue weighted by atomic mass is 9.95. The van der Waals surface area contributed by atoms with Crippen LogP contribution in [0.3, 0.4) is 0 Å². The van der Waals surface area contributed by atoms with E-state index in [-0.39, 0.29) is 16.8 Å². The molecule has 1 N–H and O–H groups in total. The van der Waals surface area contributed by atoms with Gasteiger partial charge in [-0.25, -0.2) is 0 Å². The Morgan fingerprint density at radius 2 is 1.84 bits per heavy atom. The minimum Gasteiger partial charge on any atom is -0.507 e. The molecule has 0 radical (unpaired) electrons. The van der Waals surface area contributed by atoms with Gasteiger partial charge in [-0.15, -0.1) is 0 Å². The molecule has 1 saturated heterocycles. The van der Waals surface area contributed by atoms with Gasteiger partial charge in [0.25, 0.3) is 17.4 Å². The smallest absolute Gasteiger partial charge is 0.300 e. The molecule has 1 amide bonds. The minimum absolute atomic E-state index is 0.184. The topological polar surface area (TPSA) is 114 Å². The van der Waals surface area contributed by atoms with Crippen LogP contribution in [0.25, 0.3) is 5.76 Å². The molecule has 1 aliphatic rings. The SMILES string of the molecule is O=C1C(=O)N(c2cccnc2)C(c2cccc([N+](=O)[O-])c2)/C1=C(/O)c1ccc(Cl)cc1. The first-order valence-corrected chi connectivity index (χ1v) is 9.47. The van der Waals surface area contributed by atoms with Crippen LogP contribution in [0.1, 0.15) is 17.2 Å². The van der Waals surface area contributed by atoms with E-state index in [1.165, 1.54) is 59.8 Å². The predicted molar refractivity (Wildman–Crippen MR) is 114 cm³/mol. The van der Waals surface area contributed by atoms with E-state index in [2.05, 4.69) is 4.98 Å². The fraction of sp³-hybridized carbons (Fsp3) is 0.0455. The highest BCUT2D eigenvalue weighted by Gasteiger charge is 2.47. The number of benzene rings is 2. The number of nitro groups is 1. The van der Waals surface area contributed by atoms with Crippen molar-refractivity contribution in [2.45, 2.75) is 6.04 Å². The predicted octanol–water partition coefficient (Wildman–Crippen LogP) is 4.27. The Morgan fingerprint density at radius 3 is 2.48 bits per heavy atom. The van der Waals surface area contributed by atoms with Gasteiger partial charge in [0.2, 0.25) is 0 Å². The number of ketones is 1. The number of aliphatic hydroxyl groups excluding tert-OH is 1. The monoisotopic (exact) mass is 435 g/mol. The van der Waals surface area contributed by atoms with Crippen molar-refractivity contribution >= 4 is 40.4 Å². The van der Waals surface area contributed by atoms with Crippen LogP contribution in [0.4, 0.5) is 11.4 Å². The van der Waals surface area contributed by atoms with Gasteiger partial charge in [-0.2, -0.15) is 0 Å². The third-order valence-electron chi connectivity index (χ3n) is 4.88. The molecule has 0 saturated carbocycles. The number of nitrogens with zero attached hydrogens (tertiary/aromatic N) is 3. The maximum absolute atomic E-state index is 13.0. The molecule has 154 valence electrons. The second-order valence-corrected chi connectivity index (χ2v) is 7.18. The fourth-order valence-electron chi connectivity index (χ4n) is 3.48. The second kappa shape index (κ2) is 8.00. The molecule has 31 heavy (non-hydrogen) atoms. The Labute approximate surface area is 181 Å². The standard InChI is InChI=1S/C22H14ClN3O5/c23-15-8-6-13(7-9-15)20(27)18-19(14-3-1-4-16(11-14)26(30)31)25(22(29)21(18)28)17-5-2-10-24-12-17/h1-12,19,27H/b20-18-. The van der Waals surface area contributed by atoms with E-state index >= 15 is 0 Å². The van der Waals surface area contributed by atoms with Crippen LogP contribution >= 0.6 is 11.6 Å². The summed E-state index contributed by atoms with van der Waals surface area (Å²) in [6.07, 6.45) is 2.91. The van der Waals surface area contributed by atoms with Crippen molar-refractivity contribution in [3.63, 3.8) is 0 Å². The lowest BCUT2D eigenvalue weighted by molar-refractivity contribution is -0.384. The number of rotatable bonds is 4. The summed E-state index contributed by atoms with van der Waals surface area (Å²) >= 11 is 5.90. The van der Waals surface area contributed by atoms with Gasteiger partial charge in [-0.1, -0.05) is 23.7 Å². The van der Waals surface area contributed by atoms with E-state index in [1.54, 1.807) is 18.2 Å². The van der Waals surface area contributed by atoms with Crippen molar-refractivity contribution in [3.8, 4) is 0 Å². The Balaban J connectivity index is 1.96. The fourth-order valence-corrected chi connectivity index (χ4v) is 3.61. The summed E-state index contributed by atoms with van der Waals surface area (Å²) in [5.41, 5.74) is 0.505. The molecule has 2 heterocycles. The van der Waals surface area contributed by atoms with E-state index in [9.17, 15) is 24.8 Å². The first kappa shape index (κ1) is 20.2. The molecule has 1 atom stereocenters. The van der Waals surface area contributed by atoms with E-state index in [1.807, 2.05) is 0 Å². The number of non-ortho nitro benzene ring substituents is 1. The van der Waals surface area contributed by atoms with Gasteiger partial charge >= 0.3 is 0 Å². The average molecular weight is 436 g/mol. The van der Waals surface area contributed by atoms with Crippen LogP contribution in [0, 0.1) is 10.1 Å². The molecular weight excluding hydrogens is 422 g/mol. The van der Waals surface area contributed by atoms with Crippen LogP contribution < -0.4 is 4.90 Å². The molecule has 1 fully saturated rings. The summed E-state index contributed by atoms with van der Waals surface area (Å²) in [4.78, 5) is 41.8. The Morgan fingerprint density at radius 1 is 1.10 bits per heavy atom. The second-order valence-electron chi connectivity index (χ2n) is 6.74. The van der Waals surface area contributed by atoms with Crippen molar-refractivity contribution in [1.82, 2.24) is 4.98 Å². The largest absolute Gasteiger partial charge is 0.507 e. The number of aromatic nitrogens is 1. The number of pyridine rings is 1. The van der Waals surface area contributed by atoms with E-state index in [0.717, 1.165) is 0 Å². The van der Waals surface area contributed by atoms with E-state index < -0.39 is 28.4 Å². The Bertz CT molecular complexity index is 1230. The highest BCUT2D eigenvalue weighted by molar-refractivity contribution is 6.51. The molecule has 3 aromatic rings. The first-order valence-electron chi connectivity index (χ1n) is 9.10. The normalized spacial score (nSPS) is 17.7. The summed E-state index contributed by atoms with van der Waals surface area (Å²) in [6, 6.07) is 13.8. The maximum Gasteiger partial charge on any atom is 0.300 e. The Hall–Kier alpha value is -4.04. The molecule has 1 aromatic heterocycles. The van der Waals surface area contributed by atoms with Crippen molar-refractivity contribution in [2.75, 3.05) is 4.90 Å². The number of hydrogen-bond acceptors (Lipinski definition) is 6. The molecule has 1 unspecified atom stereocenters. The van der Waals surface area contributed by atoms with Crippen molar-refractivity contribution in [1.29, 1.82) is 0 Å². The summed E-state index contributed by atoms with van der Waals surface area (Å²) < 4.78 is 0. The van der Waals surface area contributed by atoms with Crippen molar-refractivity contribution in [2.24, 2.45) is 0 Å². The number of nitro benzene ring substituents is 1. The van der Waals surface area contributed by atoms with Crippen molar-refractivity contribution in [3.05, 3.63) is 105 Å². The van der Waals surface area contributed by atoms with E-state index in [4.69, 9.17) is 11.6 Å². The molecule has 1 aliphatic heterocycles. The molecule has 0 bridgehead atoms. The molecule has 0 aliphatic carbocycles. The summed E-state index contributed by atoms with van der Waals surface area (Å²) in [6.45, 7) is 0. The zero-order chi connectivity index (χ0) is 22.1. The van der Waals surface area contributed by atoms with Crippen LogP contribution in [0.2, 0.25) is 5.02 Å². The molecule has 9 heteroatoms. The van der Waals surface area contributed by atoms with Gasteiger partial charge in [0.15, 0.2) is 0 Å². The minimum atomic E-state index is -1.08. The number of Topliss-reactive ketones (excluding diaryl/α,β-unsaturated/α-hetero) is 1. The quantitative estimate of drug-likeness (QED) is 0.215. The van der Waals surface area contributed by atoms with Crippen LogP contribution in [0.15, 0.2) is 78.6 Å². The first-order chi connectivity index (χ1) is 14.9. The van der Waals surface area contributed by atoms with Gasteiger partial charge in [-0.3, -0.25) is 29.6 Å². The lowest BCUT2D eigenvalue weighted by Crippen LogP contribution is -2.29. The zero-order valence-corrected chi connectivity index (χ0v) is 16.6. The molecule has 2 aromatic carbocycles. The number of aliphatic hydroxyl groups is 1. The molecular formula is C22H14ClN3O5.